The van der Waals surface area contributed by atoms with E-state index in [9.17, 15) is 34.5 Å². The Bertz CT molecular complexity index is 1290. The average Bonchev–Trinajstić information content (AvgIpc) is 3.29. The number of fused-ring (bicyclic) bond motifs is 1. The van der Waals surface area contributed by atoms with E-state index < -0.39 is 54.5 Å². The summed E-state index contributed by atoms with van der Waals surface area (Å²) in [6.45, 7) is 0.618. The van der Waals surface area contributed by atoms with Gasteiger partial charge in [0.15, 0.2) is 0 Å². The molecule has 0 spiro atoms. The molecule has 4 atom stereocenters. The number of phenolic OH excluding ortho intramolecular Hbond substituents is 1. The molecule has 12 heteroatoms. The Morgan fingerprint density at radius 1 is 0.868 bits per heavy atom. The zero-order valence-electron chi connectivity index (χ0n) is 20.7. The number of aromatic hydroxyl groups is 1. The summed E-state index contributed by atoms with van der Waals surface area (Å²) in [5, 5.41) is 36.4. The molecular weight excluding hydrogens is 494 g/mol. The monoisotopic (exact) mass is 525 g/mol. The molecule has 0 saturated carbocycles. The Morgan fingerprint density at radius 3 is 2.05 bits per heavy atom. The van der Waals surface area contributed by atoms with Gasteiger partial charge in [0, 0.05) is 29.9 Å². The number of aromatic amines is 1. The first-order valence-corrected chi connectivity index (χ1v) is 11.9. The van der Waals surface area contributed by atoms with Crippen molar-refractivity contribution in [2.75, 3.05) is 6.61 Å². The first-order chi connectivity index (χ1) is 18.1. The molecule has 0 aliphatic rings. The summed E-state index contributed by atoms with van der Waals surface area (Å²) in [4.78, 5) is 53.3. The van der Waals surface area contributed by atoms with Crippen LogP contribution in [0.5, 0.6) is 5.75 Å². The molecule has 9 N–H and O–H groups in total. The van der Waals surface area contributed by atoms with Gasteiger partial charge in [-0.25, -0.2) is 4.79 Å². The molecule has 0 aliphatic heterocycles. The Hall–Kier alpha value is -4.42. The molecule has 1 heterocycles. The number of hydrogen-bond acceptors (Lipinski definition) is 7. The molecule has 1 aromatic heterocycles. The summed E-state index contributed by atoms with van der Waals surface area (Å²) in [5.41, 5.74) is 7.85. The summed E-state index contributed by atoms with van der Waals surface area (Å²) >= 11 is 0. The molecule has 0 bridgehead atoms. The number of rotatable bonds is 12. The van der Waals surface area contributed by atoms with Crippen molar-refractivity contribution < 1.29 is 34.5 Å². The standard InChI is InChI=1S/C26H31N5O7/c1-14(27)23(34)29-21(11-16-12-28-19-5-3-2-4-18(16)19)25(36)30-20(10-15-6-8-17(33)9-7-15)24(35)31-22(13-32)26(37)38/h2-9,12,14,20-22,28,32-33H,10-11,13,27H2,1H3,(H,29,34)(H,30,36)(H,31,35)(H,37,38). The normalized spacial score (nSPS) is 14.2. The molecule has 0 fully saturated rings. The van der Waals surface area contributed by atoms with Crippen LogP contribution >= 0.6 is 0 Å². The number of aromatic nitrogens is 1. The van der Waals surface area contributed by atoms with E-state index in [-0.39, 0.29) is 18.6 Å². The highest BCUT2D eigenvalue weighted by atomic mass is 16.4. The van der Waals surface area contributed by atoms with Crippen LogP contribution in [0.3, 0.4) is 0 Å². The number of aliphatic carboxylic acids is 1. The molecule has 0 aliphatic carbocycles. The van der Waals surface area contributed by atoms with E-state index in [4.69, 9.17) is 5.73 Å². The lowest BCUT2D eigenvalue weighted by atomic mass is 10.0. The van der Waals surface area contributed by atoms with E-state index >= 15 is 0 Å². The van der Waals surface area contributed by atoms with Gasteiger partial charge in [-0.1, -0.05) is 30.3 Å². The number of carbonyl (C=O) groups excluding carboxylic acids is 3. The maximum absolute atomic E-state index is 13.4. The van der Waals surface area contributed by atoms with Crippen LogP contribution in [-0.4, -0.2) is 74.8 Å². The smallest absolute Gasteiger partial charge is 0.328 e. The Balaban J connectivity index is 1.87. The number of carboxylic acid groups (broad SMARTS) is 1. The third kappa shape index (κ3) is 7.31. The van der Waals surface area contributed by atoms with Gasteiger partial charge in [-0.15, -0.1) is 0 Å². The zero-order chi connectivity index (χ0) is 27.8. The lowest BCUT2D eigenvalue weighted by Crippen LogP contribution is -2.58. The quantitative estimate of drug-likeness (QED) is 0.155. The van der Waals surface area contributed by atoms with Gasteiger partial charge >= 0.3 is 5.97 Å². The van der Waals surface area contributed by atoms with Gasteiger partial charge in [0.1, 0.15) is 23.9 Å². The average molecular weight is 526 g/mol. The van der Waals surface area contributed by atoms with Gasteiger partial charge in [0.05, 0.1) is 12.6 Å². The van der Waals surface area contributed by atoms with Crippen molar-refractivity contribution in [2.45, 2.75) is 43.9 Å². The van der Waals surface area contributed by atoms with Crippen LogP contribution in [0.25, 0.3) is 10.9 Å². The maximum atomic E-state index is 13.4. The zero-order valence-corrected chi connectivity index (χ0v) is 20.7. The molecule has 0 saturated heterocycles. The molecule has 12 nitrogen and oxygen atoms in total. The minimum absolute atomic E-state index is 0.00224. The predicted molar refractivity (Wildman–Crippen MR) is 138 cm³/mol. The molecule has 38 heavy (non-hydrogen) atoms. The molecule has 202 valence electrons. The van der Waals surface area contributed by atoms with Gasteiger partial charge in [-0.3, -0.25) is 14.4 Å². The van der Waals surface area contributed by atoms with Crippen molar-refractivity contribution in [3.8, 4) is 5.75 Å². The summed E-state index contributed by atoms with van der Waals surface area (Å²) < 4.78 is 0. The number of nitrogens with two attached hydrogens (primary N) is 1. The molecule has 3 rings (SSSR count). The molecule has 3 amide bonds. The number of carboxylic acids is 1. The number of para-hydroxylation sites is 1. The van der Waals surface area contributed by atoms with E-state index in [1.807, 2.05) is 24.3 Å². The van der Waals surface area contributed by atoms with Gasteiger partial charge in [-0.2, -0.15) is 0 Å². The third-order valence-electron chi connectivity index (χ3n) is 5.95. The number of amides is 3. The van der Waals surface area contributed by atoms with Crippen LogP contribution in [0.1, 0.15) is 18.1 Å². The number of aliphatic hydroxyl groups is 1. The summed E-state index contributed by atoms with van der Waals surface area (Å²) in [6, 6.07) is 8.47. The number of benzene rings is 2. The van der Waals surface area contributed by atoms with Gasteiger partial charge < -0.3 is 42.0 Å². The second-order valence-electron chi connectivity index (χ2n) is 8.93. The van der Waals surface area contributed by atoms with Crippen molar-refractivity contribution in [2.24, 2.45) is 5.73 Å². The van der Waals surface area contributed by atoms with Gasteiger partial charge in [0.2, 0.25) is 17.7 Å². The van der Waals surface area contributed by atoms with E-state index in [1.165, 1.54) is 19.1 Å². The van der Waals surface area contributed by atoms with Crippen molar-refractivity contribution in [1.29, 1.82) is 0 Å². The SMILES string of the molecule is CC(N)C(=O)NC(Cc1c[nH]c2ccccc12)C(=O)NC(Cc1ccc(O)cc1)C(=O)NC(CO)C(=O)O. The minimum atomic E-state index is -1.58. The highest BCUT2D eigenvalue weighted by Crippen LogP contribution is 2.19. The van der Waals surface area contributed by atoms with Crippen LogP contribution < -0.4 is 21.7 Å². The first kappa shape index (κ1) is 28.2. The lowest BCUT2D eigenvalue weighted by Gasteiger charge is -2.25. The fourth-order valence-electron chi connectivity index (χ4n) is 3.84. The van der Waals surface area contributed by atoms with Gasteiger partial charge in [0.25, 0.3) is 0 Å². The second-order valence-corrected chi connectivity index (χ2v) is 8.93. The fraction of sp³-hybridized carbons (Fsp3) is 0.308. The van der Waals surface area contributed by atoms with E-state index in [0.29, 0.717) is 5.56 Å². The Morgan fingerprint density at radius 2 is 1.45 bits per heavy atom. The first-order valence-electron chi connectivity index (χ1n) is 11.9. The predicted octanol–water partition coefficient (Wildman–Crippen LogP) is -0.463. The van der Waals surface area contributed by atoms with Crippen LogP contribution in [0.4, 0.5) is 0 Å². The van der Waals surface area contributed by atoms with E-state index in [1.54, 1.807) is 18.3 Å². The summed E-state index contributed by atoms with van der Waals surface area (Å²) in [7, 11) is 0. The fourth-order valence-corrected chi connectivity index (χ4v) is 3.84. The third-order valence-corrected chi connectivity index (χ3v) is 5.95. The summed E-state index contributed by atoms with van der Waals surface area (Å²) in [6.07, 6.45) is 1.75. The Kier molecular flexibility index (Phi) is 9.41. The van der Waals surface area contributed by atoms with Crippen molar-refractivity contribution >= 4 is 34.6 Å². The number of phenols is 1. The molecule has 3 aromatic rings. The van der Waals surface area contributed by atoms with Crippen LogP contribution in [0.2, 0.25) is 0 Å². The number of aliphatic hydroxyl groups excluding tert-OH is 1. The largest absolute Gasteiger partial charge is 0.508 e. The van der Waals surface area contributed by atoms with Crippen molar-refractivity contribution in [3.05, 3.63) is 65.9 Å². The van der Waals surface area contributed by atoms with Crippen molar-refractivity contribution in [1.82, 2.24) is 20.9 Å². The number of H-pyrrole nitrogens is 1. The summed E-state index contributed by atoms with van der Waals surface area (Å²) in [5.74, 6) is -3.56. The second kappa shape index (κ2) is 12.7. The number of hydrogen-bond donors (Lipinski definition) is 8. The molecule has 4 unspecified atom stereocenters. The van der Waals surface area contributed by atoms with Crippen LogP contribution in [0.15, 0.2) is 54.7 Å². The maximum Gasteiger partial charge on any atom is 0.328 e. The van der Waals surface area contributed by atoms with Gasteiger partial charge in [-0.05, 0) is 36.2 Å². The number of carbonyl (C=O) groups is 4. The topological polar surface area (TPSA) is 207 Å². The Labute approximate surface area is 218 Å². The van der Waals surface area contributed by atoms with E-state index in [0.717, 1.165) is 16.5 Å². The van der Waals surface area contributed by atoms with Crippen molar-refractivity contribution in [3.63, 3.8) is 0 Å². The number of nitrogens with one attached hydrogen (secondary N) is 4. The van der Waals surface area contributed by atoms with E-state index in [2.05, 4.69) is 20.9 Å². The minimum Gasteiger partial charge on any atom is -0.508 e. The highest BCUT2D eigenvalue weighted by molar-refractivity contribution is 5.95. The molecular formula is C26H31N5O7. The van der Waals surface area contributed by atoms with Crippen LogP contribution in [0, 0.1) is 0 Å². The molecule has 2 aromatic carbocycles. The lowest BCUT2D eigenvalue weighted by molar-refractivity contribution is -0.143. The molecule has 0 radical (unpaired) electrons. The highest BCUT2D eigenvalue weighted by Gasteiger charge is 2.30. The van der Waals surface area contributed by atoms with Crippen LogP contribution in [-0.2, 0) is 32.0 Å².